The van der Waals surface area contributed by atoms with Crippen molar-refractivity contribution in [1.82, 2.24) is 4.90 Å². The molecule has 1 aromatic heterocycles. The summed E-state index contributed by atoms with van der Waals surface area (Å²) in [5.41, 5.74) is 1.76. The lowest BCUT2D eigenvalue weighted by Gasteiger charge is -2.17. The molecule has 6 heteroatoms. The maximum Gasteiger partial charge on any atom is 0.335 e. The summed E-state index contributed by atoms with van der Waals surface area (Å²) in [7, 11) is 1.72. The average Bonchev–Trinajstić information content (AvgIpc) is 2.84. The standard InChI is InChI=1S/C15H14BrNO3S/c1-17(8-10-6-13(16)21-9-10)14(18)7-11-4-2-3-5-12(11)15(19)20/h2-6,9H,7-8H2,1H3,(H,19,20). The summed E-state index contributed by atoms with van der Waals surface area (Å²) >= 11 is 4.96. The van der Waals surface area contributed by atoms with Gasteiger partial charge >= 0.3 is 5.97 Å². The van der Waals surface area contributed by atoms with Crippen LogP contribution in [0.1, 0.15) is 21.5 Å². The molecule has 21 heavy (non-hydrogen) atoms. The minimum absolute atomic E-state index is 0.0876. The summed E-state index contributed by atoms with van der Waals surface area (Å²) in [5.74, 6) is -1.12. The number of carboxylic acids is 1. The van der Waals surface area contributed by atoms with Crippen molar-refractivity contribution in [2.45, 2.75) is 13.0 Å². The first-order valence-corrected chi connectivity index (χ1v) is 7.92. The van der Waals surface area contributed by atoms with Gasteiger partial charge in [0.15, 0.2) is 0 Å². The molecule has 0 spiro atoms. The Labute approximate surface area is 135 Å². The maximum atomic E-state index is 12.2. The van der Waals surface area contributed by atoms with E-state index in [0.717, 1.165) is 9.35 Å². The highest BCUT2D eigenvalue weighted by Crippen LogP contribution is 2.21. The fourth-order valence-electron chi connectivity index (χ4n) is 1.97. The Balaban J connectivity index is 2.05. The summed E-state index contributed by atoms with van der Waals surface area (Å²) in [6.45, 7) is 0.510. The van der Waals surface area contributed by atoms with Crippen LogP contribution in [-0.4, -0.2) is 28.9 Å². The van der Waals surface area contributed by atoms with E-state index in [2.05, 4.69) is 15.9 Å². The zero-order valence-electron chi connectivity index (χ0n) is 11.4. The van der Waals surface area contributed by atoms with Crippen molar-refractivity contribution >= 4 is 39.1 Å². The number of nitrogens with zero attached hydrogens (tertiary/aromatic N) is 1. The van der Waals surface area contributed by atoms with E-state index in [1.165, 1.54) is 6.07 Å². The van der Waals surface area contributed by atoms with Gasteiger partial charge in [-0.1, -0.05) is 18.2 Å². The fourth-order valence-corrected chi connectivity index (χ4v) is 3.17. The Kier molecular flexibility index (Phi) is 5.14. The van der Waals surface area contributed by atoms with Gasteiger partial charge in [-0.25, -0.2) is 4.79 Å². The summed E-state index contributed by atoms with van der Waals surface area (Å²) in [4.78, 5) is 25.0. The smallest absolute Gasteiger partial charge is 0.335 e. The molecule has 0 aliphatic carbocycles. The number of carboxylic acid groups (broad SMARTS) is 1. The molecule has 1 aromatic carbocycles. The molecule has 1 amide bonds. The van der Waals surface area contributed by atoms with Crippen LogP contribution < -0.4 is 0 Å². The highest BCUT2D eigenvalue weighted by Gasteiger charge is 2.15. The number of likely N-dealkylation sites (N-methyl/N-ethyl adjacent to an activating group) is 1. The SMILES string of the molecule is CN(Cc1csc(Br)c1)C(=O)Cc1ccccc1C(=O)O. The van der Waals surface area contributed by atoms with Gasteiger partial charge in [0.25, 0.3) is 0 Å². The van der Waals surface area contributed by atoms with Crippen molar-refractivity contribution in [2.75, 3.05) is 7.05 Å². The molecule has 2 rings (SSSR count). The van der Waals surface area contributed by atoms with Crippen molar-refractivity contribution in [1.29, 1.82) is 0 Å². The normalized spacial score (nSPS) is 10.4. The van der Waals surface area contributed by atoms with Crippen LogP contribution >= 0.6 is 27.3 Å². The highest BCUT2D eigenvalue weighted by molar-refractivity contribution is 9.11. The van der Waals surface area contributed by atoms with E-state index >= 15 is 0 Å². The molecular formula is C15H14BrNO3S. The number of carbonyl (C=O) groups is 2. The minimum Gasteiger partial charge on any atom is -0.478 e. The Hall–Kier alpha value is -1.66. The van der Waals surface area contributed by atoms with Gasteiger partial charge in [0, 0.05) is 13.6 Å². The first kappa shape index (κ1) is 15.7. The second kappa shape index (κ2) is 6.87. The third kappa shape index (κ3) is 4.15. The second-order valence-corrected chi connectivity index (χ2v) is 6.94. The summed E-state index contributed by atoms with van der Waals surface area (Å²) in [5, 5.41) is 11.1. The van der Waals surface area contributed by atoms with E-state index in [1.54, 1.807) is 41.5 Å². The van der Waals surface area contributed by atoms with Crippen LogP contribution in [0.4, 0.5) is 0 Å². The van der Waals surface area contributed by atoms with Crippen LogP contribution in [0.25, 0.3) is 0 Å². The lowest BCUT2D eigenvalue weighted by Crippen LogP contribution is -2.28. The average molecular weight is 368 g/mol. The molecular weight excluding hydrogens is 354 g/mol. The van der Waals surface area contributed by atoms with Gasteiger partial charge in [-0.15, -0.1) is 11.3 Å². The molecule has 2 aromatic rings. The molecule has 4 nitrogen and oxygen atoms in total. The molecule has 0 aliphatic rings. The number of rotatable bonds is 5. The Morgan fingerprint density at radius 3 is 2.67 bits per heavy atom. The number of aromatic carboxylic acids is 1. The number of amides is 1. The molecule has 0 atom stereocenters. The predicted octanol–water partition coefficient (Wildman–Crippen LogP) is 3.41. The summed E-state index contributed by atoms with van der Waals surface area (Å²) < 4.78 is 1.02. The number of benzene rings is 1. The molecule has 0 aliphatic heterocycles. The first-order chi connectivity index (χ1) is 9.97. The van der Waals surface area contributed by atoms with Crippen molar-refractivity contribution in [3.05, 3.63) is 56.2 Å². The molecule has 1 heterocycles. The number of hydrogen-bond acceptors (Lipinski definition) is 3. The maximum absolute atomic E-state index is 12.2. The van der Waals surface area contributed by atoms with Crippen LogP contribution in [0.3, 0.4) is 0 Å². The van der Waals surface area contributed by atoms with Crippen LogP contribution in [0.5, 0.6) is 0 Å². The van der Waals surface area contributed by atoms with Crippen molar-refractivity contribution in [3.63, 3.8) is 0 Å². The van der Waals surface area contributed by atoms with Gasteiger partial charge in [-0.3, -0.25) is 4.79 Å². The number of halogens is 1. The van der Waals surface area contributed by atoms with Crippen LogP contribution in [0, 0.1) is 0 Å². The predicted molar refractivity (Wildman–Crippen MR) is 85.6 cm³/mol. The lowest BCUT2D eigenvalue weighted by atomic mass is 10.0. The second-order valence-electron chi connectivity index (χ2n) is 4.65. The topological polar surface area (TPSA) is 57.6 Å². The zero-order chi connectivity index (χ0) is 15.4. The molecule has 0 unspecified atom stereocenters. The van der Waals surface area contributed by atoms with Gasteiger partial charge in [0.05, 0.1) is 15.8 Å². The summed E-state index contributed by atoms with van der Waals surface area (Å²) in [6, 6.07) is 8.56. The fraction of sp³-hybridized carbons (Fsp3) is 0.200. The molecule has 0 saturated heterocycles. The monoisotopic (exact) mass is 367 g/mol. The first-order valence-electron chi connectivity index (χ1n) is 6.25. The van der Waals surface area contributed by atoms with Crippen molar-refractivity contribution < 1.29 is 14.7 Å². The van der Waals surface area contributed by atoms with Gasteiger partial charge in [-0.2, -0.15) is 0 Å². The van der Waals surface area contributed by atoms with E-state index < -0.39 is 5.97 Å². The van der Waals surface area contributed by atoms with Gasteiger partial charge in [0.2, 0.25) is 5.91 Å². The van der Waals surface area contributed by atoms with Crippen molar-refractivity contribution in [2.24, 2.45) is 0 Å². The highest BCUT2D eigenvalue weighted by atomic mass is 79.9. The zero-order valence-corrected chi connectivity index (χ0v) is 13.8. The van der Waals surface area contributed by atoms with Crippen LogP contribution in [0.15, 0.2) is 39.5 Å². The molecule has 0 saturated carbocycles. The molecule has 1 N–H and O–H groups in total. The Bertz CT molecular complexity index is 668. The van der Waals surface area contributed by atoms with Gasteiger partial charge < -0.3 is 10.0 Å². The molecule has 0 fully saturated rings. The number of carbonyl (C=O) groups excluding carboxylic acids is 1. The number of thiophene rings is 1. The minimum atomic E-state index is -1.01. The summed E-state index contributed by atoms with van der Waals surface area (Å²) in [6.07, 6.45) is 0.0876. The molecule has 0 radical (unpaired) electrons. The van der Waals surface area contributed by atoms with Crippen LogP contribution in [0.2, 0.25) is 0 Å². The third-order valence-electron chi connectivity index (χ3n) is 3.06. The van der Waals surface area contributed by atoms with E-state index in [0.29, 0.717) is 12.1 Å². The van der Waals surface area contributed by atoms with Crippen LogP contribution in [-0.2, 0) is 17.8 Å². The number of hydrogen-bond donors (Lipinski definition) is 1. The molecule has 110 valence electrons. The van der Waals surface area contributed by atoms with E-state index in [9.17, 15) is 9.59 Å². The van der Waals surface area contributed by atoms with Gasteiger partial charge in [-0.05, 0) is 44.6 Å². The quantitative estimate of drug-likeness (QED) is 0.880. The lowest BCUT2D eigenvalue weighted by molar-refractivity contribution is -0.129. The van der Waals surface area contributed by atoms with E-state index in [-0.39, 0.29) is 17.9 Å². The Morgan fingerprint density at radius 2 is 2.05 bits per heavy atom. The third-order valence-corrected chi connectivity index (χ3v) is 4.61. The Morgan fingerprint density at radius 1 is 1.33 bits per heavy atom. The van der Waals surface area contributed by atoms with E-state index in [1.807, 2.05) is 11.4 Å². The van der Waals surface area contributed by atoms with Crippen molar-refractivity contribution in [3.8, 4) is 0 Å². The van der Waals surface area contributed by atoms with Gasteiger partial charge in [0.1, 0.15) is 0 Å². The molecule has 0 bridgehead atoms. The van der Waals surface area contributed by atoms with E-state index in [4.69, 9.17) is 5.11 Å². The largest absolute Gasteiger partial charge is 0.478 e.